The van der Waals surface area contributed by atoms with E-state index in [0.717, 1.165) is 68.5 Å². The van der Waals surface area contributed by atoms with Gasteiger partial charge in [-0.25, -0.2) is 4.98 Å². The highest BCUT2D eigenvalue weighted by Gasteiger charge is 2.50. The van der Waals surface area contributed by atoms with Gasteiger partial charge in [-0.1, -0.05) is 0 Å². The number of rotatable bonds is 5. The lowest BCUT2D eigenvalue weighted by atomic mass is 9.62. The molecular weight excluding hydrogens is 484 g/mol. The average Bonchev–Trinajstić information content (AvgIpc) is 3.58. The molecule has 2 aliphatic carbocycles. The number of aromatic nitrogens is 2. The summed E-state index contributed by atoms with van der Waals surface area (Å²) in [5.74, 6) is -0.174. The molecule has 4 N–H and O–H groups in total. The maximum absolute atomic E-state index is 13.8. The number of Topliss-reactive ketones (excluding diaryl/α,β-unsaturated/α-hetero) is 1. The van der Waals surface area contributed by atoms with Gasteiger partial charge in [-0.3, -0.25) is 9.69 Å². The third-order valence-electron chi connectivity index (χ3n) is 9.36. The maximum Gasteiger partial charge on any atom is 0.317 e. The van der Waals surface area contributed by atoms with Gasteiger partial charge in [0.05, 0.1) is 11.1 Å². The molecule has 2 aromatic heterocycles. The molecule has 2 saturated heterocycles. The zero-order valence-corrected chi connectivity index (χ0v) is 22.2. The second-order valence-electron chi connectivity index (χ2n) is 11.0. The molecule has 6 rings (SSSR count). The largest absolute Gasteiger partial charge is 0.458 e. The quantitative estimate of drug-likeness (QED) is 0.562. The molecule has 0 aromatic carbocycles. The van der Waals surface area contributed by atoms with Crippen LogP contribution in [0.1, 0.15) is 91.2 Å². The standard InChI is InChI=1S/C28H34N6O2S/c1-17(28-11-4-14-34(28)15-5-12-28)36-26-32-13-8-20(33-26)23(35)18-6-2-9-27(24(18)30)10-3-7-21-22(27)19(16-29)25(31)37-21/h8,13,17H,2-7,9-12,14-15,30-31H2,1H3/t17?,27-/m0/s1. The minimum Gasteiger partial charge on any atom is -0.458 e. The molecule has 9 heteroatoms. The summed E-state index contributed by atoms with van der Waals surface area (Å²) < 4.78 is 6.29. The van der Waals surface area contributed by atoms with E-state index in [1.807, 2.05) is 0 Å². The number of hydrogen-bond acceptors (Lipinski definition) is 9. The lowest BCUT2D eigenvalue weighted by Crippen LogP contribution is -2.50. The van der Waals surface area contributed by atoms with E-state index < -0.39 is 5.41 Å². The number of carbonyl (C=O) groups is 1. The molecular formula is C28H34N6O2S. The molecule has 2 atom stereocenters. The van der Waals surface area contributed by atoms with Crippen molar-refractivity contribution < 1.29 is 9.53 Å². The predicted molar refractivity (Wildman–Crippen MR) is 142 cm³/mol. The van der Waals surface area contributed by atoms with E-state index in [1.165, 1.54) is 24.2 Å². The topological polar surface area (TPSA) is 131 Å². The number of nitriles is 1. The smallest absolute Gasteiger partial charge is 0.317 e. The number of allylic oxidation sites excluding steroid dienone is 2. The van der Waals surface area contributed by atoms with Crippen LogP contribution in [0.3, 0.4) is 0 Å². The number of fused-ring (bicyclic) bond motifs is 3. The molecule has 0 amide bonds. The van der Waals surface area contributed by atoms with E-state index in [9.17, 15) is 10.1 Å². The second-order valence-corrected chi connectivity index (χ2v) is 12.2. The van der Waals surface area contributed by atoms with Crippen LogP contribution in [-0.4, -0.2) is 45.4 Å². The molecule has 4 heterocycles. The van der Waals surface area contributed by atoms with E-state index in [1.54, 1.807) is 12.3 Å². The monoisotopic (exact) mass is 518 g/mol. The number of nitrogen functional groups attached to an aromatic ring is 1. The number of thiophene rings is 1. The van der Waals surface area contributed by atoms with Gasteiger partial charge in [0.25, 0.3) is 0 Å². The molecule has 2 aromatic rings. The Labute approximate surface area is 221 Å². The van der Waals surface area contributed by atoms with Crippen LogP contribution in [-0.2, 0) is 11.8 Å². The van der Waals surface area contributed by atoms with Gasteiger partial charge >= 0.3 is 6.01 Å². The average molecular weight is 519 g/mol. The predicted octanol–water partition coefficient (Wildman–Crippen LogP) is 4.24. The highest BCUT2D eigenvalue weighted by molar-refractivity contribution is 7.16. The van der Waals surface area contributed by atoms with E-state index in [-0.39, 0.29) is 23.4 Å². The molecule has 8 nitrogen and oxygen atoms in total. The van der Waals surface area contributed by atoms with Crippen molar-refractivity contribution >= 4 is 22.1 Å². The zero-order valence-electron chi connectivity index (χ0n) is 21.4. The number of hydrogen-bond donors (Lipinski definition) is 2. The van der Waals surface area contributed by atoms with E-state index >= 15 is 0 Å². The van der Waals surface area contributed by atoms with Crippen molar-refractivity contribution in [1.82, 2.24) is 14.9 Å². The fourth-order valence-corrected chi connectivity index (χ4v) is 8.77. The van der Waals surface area contributed by atoms with Crippen LogP contribution in [0.15, 0.2) is 23.5 Å². The highest BCUT2D eigenvalue weighted by atomic mass is 32.1. The van der Waals surface area contributed by atoms with E-state index in [2.05, 4.69) is 27.9 Å². The Balaban J connectivity index is 1.31. The van der Waals surface area contributed by atoms with Crippen molar-refractivity contribution in [1.29, 1.82) is 5.26 Å². The zero-order chi connectivity index (χ0) is 25.8. The van der Waals surface area contributed by atoms with Crippen LogP contribution in [0.25, 0.3) is 0 Å². The van der Waals surface area contributed by atoms with Crippen LogP contribution in [0, 0.1) is 11.3 Å². The van der Waals surface area contributed by atoms with Crippen molar-refractivity contribution in [2.24, 2.45) is 5.73 Å². The SMILES string of the molecule is CC(Oc1nccc(C(=O)C2=C(N)[C@@]3(CCC2)CCCc2sc(N)c(C#N)c23)n1)C12CCCN1CCC2. The van der Waals surface area contributed by atoms with Crippen LogP contribution < -0.4 is 16.2 Å². The Morgan fingerprint density at radius 3 is 2.62 bits per heavy atom. The van der Waals surface area contributed by atoms with Gasteiger partial charge in [0.2, 0.25) is 5.78 Å². The highest BCUT2D eigenvalue weighted by Crippen LogP contribution is 2.53. The minimum absolute atomic E-state index is 0.0472. The summed E-state index contributed by atoms with van der Waals surface area (Å²) >= 11 is 1.49. The molecule has 0 saturated carbocycles. The number of ether oxygens (including phenoxy) is 1. The summed E-state index contributed by atoms with van der Waals surface area (Å²) in [6, 6.07) is 4.21. The number of carbonyl (C=O) groups excluding carboxylic acids is 1. The maximum atomic E-state index is 13.8. The Hall–Kier alpha value is -2.96. The Kier molecular flexibility index (Phi) is 6.00. The first-order valence-electron chi connectivity index (χ1n) is 13.5. The van der Waals surface area contributed by atoms with Crippen LogP contribution in [0.5, 0.6) is 6.01 Å². The molecule has 1 spiro atoms. The Morgan fingerprint density at radius 1 is 1.16 bits per heavy atom. The molecule has 2 fully saturated rings. The Bertz CT molecular complexity index is 1320. The lowest BCUT2D eigenvalue weighted by Gasteiger charge is -2.42. The number of nitrogens with two attached hydrogens (primary N) is 2. The molecule has 0 radical (unpaired) electrons. The van der Waals surface area contributed by atoms with Crippen LogP contribution in [0.4, 0.5) is 5.00 Å². The first-order chi connectivity index (χ1) is 17.9. The van der Waals surface area contributed by atoms with Gasteiger partial charge in [0.1, 0.15) is 22.9 Å². The molecule has 4 aliphatic rings. The number of anilines is 1. The summed E-state index contributed by atoms with van der Waals surface area (Å²) in [5, 5.41) is 10.4. The fourth-order valence-electron chi connectivity index (χ4n) is 7.61. The van der Waals surface area contributed by atoms with Gasteiger partial charge in [-0.2, -0.15) is 10.2 Å². The molecule has 37 heavy (non-hydrogen) atoms. The van der Waals surface area contributed by atoms with Crippen molar-refractivity contribution in [2.75, 3.05) is 18.8 Å². The summed E-state index contributed by atoms with van der Waals surface area (Å²) in [5.41, 5.74) is 15.6. The number of aryl methyl sites for hydroxylation is 1. The molecule has 194 valence electrons. The summed E-state index contributed by atoms with van der Waals surface area (Å²) in [6.45, 7) is 4.34. The number of ketones is 1. The van der Waals surface area contributed by atoms with Gasteiger partial charge in [0.15, 0.2) is 0 Å². The first-order valence-corrected chi connectivity index (χ1v) is 14.3. The lowest BCUT2D eigenvalue weighted by molar-refractivity contribution is 0.0402. The summed E-state index contributed by atoms with van der Waals surface area (Å²) in [6.07, 6.45) is 11.1. The van der Waals surface area contributed by atoms with Crippen molar-refractivity contribution in [3.63, 3.8) is 0 Å². The van der Waals surface area contributed by atoms with Gasteiger partial charge < -0.3 is 16.2 Å². The fraction of sp³-hybridized carbons (Fsp3) is 0.571. The van der Waals surface area contributed by atoms with Crippen molar-refractivity contribution in [3.05, 3.63) is 45.2 Å². The van der Waals surface area contributed by atoms with Crippen molar-refractivity contribution in [2.45, 2.75) is 88.2 Å². The minimum atomic E-state index is -0.509. The van der Waals surface area contributed by atoms with E-state index in [0.29, 0.717) is 33.9 Å². The van der Waals surface area contributed by atoms with Crippen molar-refractivity contribution in [3.8, 4) is 12.1 Å². The molecule has 2 aliphatic heterocycles. The number of nitrogens with zero attached hydrogens (tertiary/aromatic N) is 4. The molecule has 0 bridgehead atoms. The molecule has 1 unspecified atom stereocenters. The third kappa shape index (κ3) is 3.68. The van der Waals surface area contributed by atoms with Gasteiger partial charge in [-0.05, 0) is 95.9 Å². The van der Waals surface area contributed by atoms with Crippen LogP contribution in [0.2, 0.25) is 0 Å². The third-order valence-corrected chi connectivity index (χ3v) is 10.4. The van der Waals surface area contributed by atoms with Gasteiger partial charge in [0, 0.05) is 27.8 Å². The first kappa shape index (κ1) is 24.4. The second kappa shape index (κ2) is 9.10. The summed E-state index contributed by atoms with van der Waals surface area (Å²) in [7, 11) is 0. The summed E-state index contributed by atoms with van der Waals surface area (Å²) in [4.78, 5) is 26.4. The van der Waals surface area contributed by atoms with Gasteiger partial charge in [-0.15, -0.1) is 11.3 Å². The van der Waals surface area contributed by atoms with Crippen LogP contribution >= 0.6 is 11.3 Å². The Morgan fingerprint density at radius 2 is 1.89 bits per heavy atom. The van der Waals surface area contributed by atoms with E-state index in [4.69, 9.17) is 16.2 Å². The normalized spacial score (nSPS) is 25.5.